The van der Waals surface area contributed by atoms with Gasteiger partial charge in [-0.2, -0.15) is 0 Å². The highest BCUT2D eigenvalue weighted by atomic mass is 79.9. The molecule has 0 aliphatic rings. The summed E-state index contributed by atoms with van der Waals surface area (Å²) in [5, 5.41) is 2.71. The number of halogens is 1. The van der Waals surface area contributed by atoms with Crippen LogP contribution in [0.25, 0.3) is 0 Å². The summed E-state index contributed by atoms with van der Waals surface area (Å²) in [6.07, 6.45) is 2.41. The molecule has 0 saturated heterocycles. The average molecular weight is 328 g/mol. The number of methoxy groups -OCH3 is 1. The number of ether oxygens (including phenoxy) is 1. The molecule has 0 radical (unpaired) electrons. The first-order valence-electron chi connectivity index (χ1n) is 6.22. The molecule has 1 aromatic rings. The van der Waals surface area contributed by atoms with Crippen LogP contribution < -0.4 is 5.32 Å². The van der Waals surface area contributed by atoms with Crippen LogP contribution in [0.1, 0.15) is 36.5 Å². The second-order valence-electron chi connectivity index (χ2n) is 4.20. The number of hydrogen-bond acceptors (Lipinski definition) is 3. The normalized spacial score (nSPS) is 11.7. The van der Waals surface area contributed by atoms with E-state index in [1.54, 1.807) is 24.3 Å². The number of carbonyl (C=O) groups is 2. The minimum atomic E-state index is -0.582. The Morgan fingerprint density at radius 3 is 2.47 bits per heavy atom. The lowest BCUT2D eigenvalue weighted by atomic mass is 10.1. The van der Waals surface area contributed by atoms with Crippen molar-refractivity contribution in [3.63, 3.8) is 0 Å². The maximum absolute atomic E-state index is 12.0. The summed E-state index contributed by atoms with van der Waals surface area (Å²) in [4.78, 5) is 23.6. The van der Waals surface area contributed by atoms with E-state index in [-0.39, 0.29) is 5.91 Å². The van der Waals surface area contributed by atoms with Crippen molar-refractivity contribution in [2.45, 2.75) is 32.2 Å². The third-order valence-electron chi connectivity index (χ3n) is 2.74. The Kier molecular flexibility index (Phi) is 6.56. The largest absolute Gasteiger partial charge is 0.467 e. The molecule has 0 fully saturated rings. The predicted molar refractivity (Wildman–Crippen MR) is 76.9 cm³/mol. The number of unbranched alkanes of at least 4 members (excludes halogenated alkanes) is 1. The quantitative estimate of drug-likeness (QED) is 0.817. The number of carbonyl (C=O) groups excluding carboxylic acids is 2. The van der Waals surface area contributed by atoms with Crippen LogP contribution in [0.2, 0.25) is 0 Å². The Morgan fingerprint density at radius 1 is 1.32 bits per heavy atom. The van der Waals surface area contributed by atoms with Crippen LogP contribution >= 0.6 is 15.9 Å². The van der Waals surface area contributed by atoms with Crippen molar-refractivity contribution < 1.29 is 14.3 Å². The first-order valence-corrected chi connectivity index (χ1v) is 7.02. The van der Waals surface area contributed by atoms with Gasteiger partial charge in [0.05, 0.1) is 7.11 Å². The molecule has 19 heavy (non-hydrogen) atoms. The summed E-state index contributed by atoms with van der Waals surface area (Å²) in [5.41, 5.74) is 0.522. The molecule has 1 N–H and O–H groups in total. The van der Waals surface area contributed by atoms with Gasteiger partial charge in [-0.1, -0.05) is 35.7 Å². The number of esters is 1. The summed E-state index contributed by atoms with van der Waals surface area (Å²) in [5.74, 6) is -0.669. The minimum Gasteiger partial charge on any atom is -0.467 e. The topological polar surface area (TPSA) is 55.4 Å². The predicted octanol–water partition coefficient (Wildman–Crippen LogP) is 2.91. The van der Waals surface area contributed by atoms with Gasteiger partial charge in [0, 0.05) is 10.0 Å². The third-order valence-corrected chi connectivity index (χ3v) is 3.27. The van der Waals surface area contributed by atoms with Gasteiger partial charge in [-0.05, 0) is 30.7 Å². The third kappa shape index (κ3) is 5.03. The van der Waals surface area contributed by atoms with Crippen LogP contribution in [0, 0.1) is 0 Å². The van der Waals surface area contributed by atoms with Gasteiger partial charge in [-0.3, -0.25) is 4.79 Å². The average Bonchev–Trinajstić information content (AvgIpc) is 2.43. The van der Waals surface area contributed by atoms with Crippen molar-refractivity contribution in [3.05, 3.63) is 34.3 Å². The van der Waals surface area contributed by atoms with Crippen LogP contribution in [0.15, 0.2) is 28.7 Å². The Bertz CT molecular complexity index is 431. The molecular formula is C14H18BrNO3. The van der Waals surface area contributed by atoms with Gasteiger partial charge in [0.25, 0.3) is 5.91 Å². The maximum Gasteiger partial charge on any atom is 0.328 e. The lowest BCUT2D eigenvalue weighted by Gasteiger charge is -2.16. The first-order chi connectivity index (χ1) is 9.08. The molecule has 1 atom stereocenters. The van der Waals surface area contributed by atoms with Crippen molar-refractivity contribution in [2.75, 3.05) is 7.11 Å². The molecule has 0 saturated carbocycles. The van der Waals surface area contributed by atoms with Crippen molar-refractivity contribution in [1.82, 2.24) is 5.32 Å². The second-order valence-corrected chi connectivity index (χ2v) is 5.11. The van der Waals surface area contributed by atoms with E-state index in [9.17, 15) is 9.59 Å². The Hall–Kier alpha value is -1.36. The zero-order chi connectivity index (χ0) is 14.3. The zero-order valence-corrected chi connectivity index (χ0v) is 12.7. The lowest BCUT2D eigenvalue weighted by Crippen LogP contribution is -2.41. The minimum absolute atomic E-state index is 0.265. The highest BCUT2D eigenvalue weighted by molar-refractivity contribution is 9.10. The SMILES string of the molecule is CCCC[C@H](NC(=O)c1ccc(Br)cc1)C(=O)OC. The van der Waals surface area contributed by atoms with E-state index in [1.807, 2.05) is 6.92 Å². The van der Waals surface area contributed by atoms with Gasteiger partial charge in [-0.15, -0.1) is 0 Å². The second kappa shape index (κ2) is 7.94. The summed E-state index contributed by atoms with van der Waals surface area (Å²) >= 11 is 3.31. The summed E-state index contributed by atoms with van der Waals surface area (Å²) in [6, 6.07) is 6.39. The molecule has 0 aliphatic carbocycles. The van der Waals surface area contributed by atoms with E-state index < -0.39 is 12.0 Å². The molecule has 1 aromatic carbocycles. The smallest absolute Gasteiger partial charge is 0.328 e. The van der Waals surface area contributed by atoms with E-state index in [0.29, 0.717) is 12.0 Å². The number of amides is 1. The van der Waals surface area contributed by atoms with E-state index in [2.05, 4.69) is 21.2 Å². The Balaban J connectivity index is 2.69. The van der Waals surface area contributed by atoms with Crippen LogP contribution in [-0.4, -0.2) is 25.0 Å². The standard InChI is InChI=1S/C14H18BrNO3/c1-3-4-5-12(14(18)19-2)16-13(17)10-6-8-11(15)9-7-10/h6-9,12H,3-5H2,1-2H3,(H,16,17)/t12-/m0/s1. The summed E-state index contributed by atoms with van der Waals surface area (Å²) in [6.45, 7) is 2.03. The lowest BCUT2D eigenvalue weighted by molar-refractivity contribution is -0.143. The fraction of sp³-hybridized carbons (Fsp3) is 0.429. The molecule has 0 spiro atoms. The fourth-order valence-corrected chi connectivity index (χ4v) is 1.91. The van der Waals surface area contributed by atoms with Crippen molar-refractivity contribution >= 4 is 27.8 Å². The van der Waals surface area contributed by atoms with Gasteiger partial charge >= 0.3 is 5.97 Å². The van der Waals surface area contributed by atoms with E-state index in [1.165, 1.54) is 7.11 Å². The van der Waals surface area contributed by atoms with E-state index in [4.69, 9.17) is 4.74 Å². The highest BCUT2D eigenvalue weighted by Gasteiger charge is 2.21. The monoisotopic (exact) mass is 327 g/mol. The first kappa shape index (κ1) is 15.7. The summed E-state index contributed by atoms with van der Waals surface area (Å²) in [7, 11) is 1.33. The van der Waals surface area contributed by atoms with Crippen LogP contribution in [-0.2, 0) is 9.53 Å². The molecule has 0 aromatic heterocycles. The van der Waals surface area contributed by atoms with Gasteiger partial charge in [-0.25, -0.2) is 4.79 Å². The molecule has 1 rings (SSSR count). The van der Waals surface area contributed by atoms with Gasteiger partial charge < -0.3 is 10.1 Å². The number of hydrogen-bond donors (Lipinski definition) is 1. The van der Waals surface area contributed by atoms with Crippen molar-refractivity contribution in [1.29, 1.82) is 0 Å². The molecule has 5 heteroatoms. The fourth-order valence-electron chi connectivity index (χ4n) is 1.64. The van der Waals surface area contributed by atoms with Crippen LogP contribution in [0.5, 0.6) is 0 Å². The van der Waals surface area contributed by atoms with Gasteiger partial charge in [0.2, 0.25) is 0 Å². The molecule has 0 heterocycles. The Morgan fingerprint density at radius 2 is 1.95 bits per heavy atom. The van der Waals surface area contributed by atoms with Gasteiger partial charge in [0.15, 0.2) is 0 Å². The van der Waals surface area contributed by atoms with Gasteiger partial charge in [0.1, 0.15) is 6.04 Å². The molecule has 0 unspecified atom stereocenters. The van der Waals surface area contributed by atoms with E-state index >= 15 is 0 Å². The van der Waals surface area contributed by atoms with Crippen molar-refractivity contribution in [2.24, 2.45) is 0 Å². The maximum atomic E-state index is 12.0. The van der Waals surface area contributed by atoms with Crippen molar-refractivity contribution in [3.8, 4) is 0 Å². The molecule has 4 nitrogen and oxygen atoms in total. The number of nitrogens with one attached hydrogen (secondary N) is 1. The summed E-state index contributed by atoms with van der Waals surface area (Å²) < 4.78 is 5.61. The van der Waals surface area contributed by atoms with Crippen LogP contribution in [0.4, 0.5) is 0 Å². The highest BCUT2D eigenvalue weighted by Crippen LogP contribution is 2.11. The van der Waals surface area contributed by atoms with Crippen LogP contribution in [0.3, 0.4) is 0 Å². The molecule has 104 valence electrons. The molecular weight excluding hydrogens is 310 g/mol. The molecule has 0 bridgehead atoms. The number of benzene rings is 1. The molecule has 0 aliphatic heterocycles. The molecule has 1 amide bonds. The Labute approximate surface area is 121 Å². The zero-order valence-electron chi connectivity index (χ0n) is 11.1. The number of rotatable bonds is 6. The van der Waals surface area contributed by atoms with E-state index in [0.717, 1.165) is 17.3 Å².